The predicted molar refractivity (Wildman–Crippen MR) is 70.6 cm³/mol. The standard InChI is InChI=1S/C13H9ClF2O2S/c1-7-6-10(19-12(7)14)11(17)8-2-4-9(5-3-8)18-13(15)16/h2-6,13H,1H3. The SMILES string of the molecule is Cc1cc(C(=O)c2ccc(OC(F)F)cc2)sc1Cl. The number of thiophene rings is 1. The minimum Gasteiger partial charge on any atom is -0.435 e. The van der Waals surface area contributed by atoms with Gasteiger partial charge in [0.1, 0.15) is 5.75 Å². The number of ketones is 1. The fraction of sp³-hybridized carbons (Fsp3) is 0.154. The van der Waals surface area contributed by atoms with Crippen LogP contribution < -0.4 is 4.74 Å². The topological polar surface area (TPSA) is 26.3 Å². The number of rotatable bonds is 4. The monoisotopic (exact) mass is 302 g/mol. The summed E-state index contributed by atoms with van der Waals surface area (Å²) in [6, 6.07) is 7.27. The van der Waals surface area contributed by atoms with E-state index in [1.165, 1.54) is 35.6 Å². The molecule has 0 radical (unpaired) electrons. The lowest BCUT2D eigenvalue weighted by atomic mass is 10.1. The molecule has 2 aromatic rings. The molecule has 19 heavy (non-hydrogen) atoms. The molecule has 0 aliphatic rings. The van der Waals surface area contributed by atoms with Crippen molar-refractivity contribution >= 4 is 28.7 Å². The van der Waals surface area contributed by atoms with Gasteiger partial charge in [-0.15, -0.1) is 11.3 Å². The lowest BCUT2D eigenvalue weighted by molar-refractivity contribution is -0.0498. The Balaban J connectivity index is 2.20. The highest BCUT2D eigenvalue weighted by atomic mass is 35.5. The molecule has 2 nitrogen and oxygen atoms in total. The fourth-order valence-corrected chi connectivity index (χ4v) is 2.66. The van der Waals surface area contributed by atoms with Crippen LogP contribution in [0.1, 0.15) is 20.8 Å². The van der Waals surface area contributed by atoms with Crippen LogP contribution in [0.15, 0.2) is 30.3 Å². The third kappa shape index (κ3) is 3.30. The van der Waals surface area contributed by atoms with E-state index in [1.54, 1.807) is 6.07 Å². The summed E-state index contributed by atoms with van der Waals surface area (Å²) in [5.41, 5.74) is 1.24. The number of halogens is 3. The number of alkyl halides is 2. The van der Waals surface area contributed by atoms with Crippen molar-refractivity contribution < 1.29 is 18.3 Å². The molecule has 0 atom stereocenters. The molecule has 0 fully saturated rings. The van der Waals surface area contributed by atoms with Gasteiger partial charge < -0.3 is 4.74 Å². The number of hydrogen-bond acceptors (Lipinski definition) is 3. The Morgan fingerprint density at radius 1 is 1.32 bits per heavy atom. The first-order valence-corrected chi connectivity index (χ1v) is 6.52. The van der Waals surface area contributed by atoms with Crippen LogP contribution in [0.2, 0.25) is 4.34 Å². The molecule has 0 saturated carbocycles. The largest absolute Gasteiger partial charge is 0.435 e. The molecular formula is C13H9ClF2O2S. The Labute approximate surface area is 117 Å². The highest BCUT2D eigenvalue weighted by Gasteiger charge is 2.14. The summed E-state index contributed by atoms with van der Waals surface area (Å²) in [5.74, 6) is -0.171. The van der Waals surface area contributed by atoms with Gasteiger partial charge in [0.25, 0.3) is 0 Å². The van der Waals surface area contributed by atoms with Crippen LogP contribution in [0.25, 0.3) is 0 Å². The molecule has 2 rings (SSSR count). The number of aryl methyl sites for hydroxylation is 1. The van der Waals surface area contributed by atoms with E-state index in [-0.39, 0.29) is 11.5 Å². The molecule has 0 saturated heterocycles. The predicted octanol–water partition coefficient (Wildman–Crippen LogP) is 4.54. The van der Waals surface area contributed by atoms with Gasteiger partial charge in [0, 0.05) is 5.56 Å². The van der Waals surface area contributed by atoms with Crippen LogP contribution >= 0.6 is 22.9 Å². The molecule has 1 heterocycles. The highest BCUT2D eigenvalue weighted by molar-refractivity contribution is 7.18. The minimum atomic E-state index is -2.87. The maximum absolute atomic E-state index is 12.1. The van der Waals surface area contributed by atoms with Gasteiger partial charge in [-0.1, -0.05) is 11.6 Å². The van der Waals surface area contributed by atoms with Gasteiger partial charge in [0.15, 0.2) is 0 Å². The summed E-state index contributed by atoms with van der Waals surface area (Å²) >= 11 is 7.10. The fourth-order valence-electron chi connectivity index (χ4n) is 1.50. The molecule has 0 spiro atoms. The van der Waals surface area contributed by atoms with Crippen molar-refractivity contribution in [3.05, 3.63) is 50.7 Å². The van der Waals surface area contributed by atoms with Crippen LogP contribution in [0.4, 0.5) is 8.78 Å². The van der Waals surface area contributed by atoms with Gasteiger partial charge in [-0.05, 0) is 42.8 Å². The molecule has 1 aromatic heterocycles. The van der Waals surface area contributed by atoms with Crippen molar-refractivity contribution in [2.45, 2.75) is 13.5 Å². The average Bonchev–Trinajstić information content (AvgIpc) is 2.69. The molecule has 0 amide bonds. The molecule has 0 aliphatic carbocycles. The minimum absolute atomic E-state index is 0.0203. The smallest absolute Gasteiger partial charge is 0.387 e. The number of hydrogen-bond donors (Lipinski definition) is 0. The first kappa shape index (κ1) is 14.0. The van der Waals surface area contributed by atoms with E-state index in [4.69, 9.17) is 11.6 Å². The van der Waals surface area contributed by atoms with Gasteiger partial charge in [0.05, 0.1) is 9.21 Å². The lowest BCUT2D eigenvalue weighted by Crippen LogP contribution is -2.03. The van der Waals surface area contributed by atoms with Crippen LogP contribution in [-0.2, 0) is 0 Å². The van der Waals surface area contributed by atoms with Crippen molar-refractivity contribution in [2.24, 2.45) is 0 Å². The number of carbonyl (C=O) groups excluding carboxylic acids is 1. The van der Waals surface area contributed by atoms with Crippen LogP contribution in [0.3, 0.4) is 0 Å². The quantitative estimate of drug-likeness (QED) is 0.775. The highest BCUT2D eigenvalue weighted by Crippen LogP contribution is 2.29. The molecule has 0 unspecified atom stereocenters. The van der Waals surface area contributed by atoms with Crippen LogP contribution in [0.5, 0.6) is 5.75 Å². The zero-order valence-corrected chi connectivity index (χ0v) is 11.4. The summed E-state index contributed by atoms with van der Waals surface area (Å²) < 4.78 is 28.8. The van der Waals surface area contributed by atoms with Crippen molar-refractivity contribution in [1.82, 2.24) is 0 Å². The van der Waals surface area contributed by atoms with Gasteiger partial charge in [-0.2, -0.15) is 8.78 Å². The van der Waals surface area contributed by atoms with Gasteiger partial charge >= 0.3 is 6.61 Å². The zero-order chi connectivity index (χ0) is 14.0. The Morgan fingerprint density at radius 3 is 2.42 bits per heavy atom. The van der Waals surface area contributed by atoms with Crippen molar-refractivity contribution in [1.29, 1.82) is 0 Å². The van der Waals surface area contributed by atoms with Crippen molar-refractivity contribution in [2.75, 3.05) is 0 Å². The van der Waals surface area contributed by atoms with E-state index in [0.717, 1.165) is 5.56 Å². The summed E-state index contributed by atoms with van der Waals surface area (Å²) in [6.07, 6.45) is 0. The normalized spacial score (nSPS) is 10.8. The third-order valence-corrected chi connectivity index (χ3v) is 3.98. The number of ether oxygens (including phenoxy) is 1. The van der Waals surface area contributed by atoms with Gasteiger partial charge in [0.2, 0.25) is 5.78 Å². The van der Waals surface area contributed by atoms with E-state index >= 15 is 0 Å². The average molecular weight is 303 g/mol. The first-order chi connectivity index (χ1) is 8.97. The van der Waals surface area contributed by atoms with E-state index in [2.05, 4.69) is 4.74 Å². The second-order valence-electron chi connectivity index (χ2n) is 3.80. The Hall–Kier alpha value is -1.46. The van der Waals surface area contributed by atoms with Crippen LogP contribution in [-0.4, -0.2) is 12.4 Å². The maximum atomic E-state index is 12.1. The Kier molecular flexibility index (Phi) is 4.17. The maximum Gasteiger partial charge on any atom is 0.387 e. The third-order valence-electron chi connectivity index (χ3n) is 2.42. The number of benzene rings is 1. The van der Waals surface area contributed by atoms with Gasteiger partial charge in [-0.25, -0.2) is 0 Å². The summed E-state index contributed by atoms with van der Waals surface area (Å²) in [7, 11) is 0. The van der Waals surface area contributed by atoms with Crippen molar-refractivity contribution in [3.63, 3.8) is 0 Å². The molecule has 0 bridgehead atoms. The van der Waals surface area contributed by atoms with E-state index < -0.39 is 6.61 Å². The molecule has 0 aliphatic heterocycles. The summed E-state index contributed by atoms with van der Waals surface area (Å²) in [5, 5.41) is 0. The Morgan fingerprint density at radius 2 is 1.95 bits per heavy atom. The molecule has 0 N–H and O–H groups in total. The molecule has 6 heteroatoms. The molecule has 1 aromatic carbocycles. The number of carbonyl (C=O) groups is 1. The van der Waals surface area contributed by atoms with Gasteiger partial charge in [-0.3, -0.25) is 4.79 Å². The first-order valence-electron chi connectivity index (χ1n) is 5.33. The molecular weight excluding hydrogens is 294 g/mol. The van der Waals surface area contributed by atoms with Crippen LogP contribution in [0, 0.1) is 6.92 Å². The summed E-state index contributed by atoms with van der Waals surface area (Å²) in [6.45, 7) is -1.06. The van der Waals surface area contributed by atoms with E-state index in [9.17, 15) is 13.6 Å². The van der Waals surface area contributed by atoms with Crippen molar-refractivity contribution in [3.8, 4) is 5.75 Å². The Bertz CT molecular complexity index is 574. The van der Waals surface area contributed by atoms with E-state index in [1.807, 2.05) is 6.92 Å². The lowest BCUT2D eigenvalue weighted by Gasteiger charge is -2.04. The van der Waals surface area contributed by atoms with E-state index in [0.29, 0.717) is 14.8 Å². The zero-order valence-electron chi connectivity index (χ0n) is 9.82. The summed E-state index contributed by atoms with van der Waals surface area (Å²) in [4.78, 5) is 12.6. The second-order valence-corrected chi connectivity index (χ2v) is 5.45. The molecule has 100 valence electrons. The second kappa shape index (κ2) is 5.67.